The highest BCUT2D eigenvalue weighted by atomic mass is 19.4. The summed E-state index contributed by atoms with van der Waals surface area (Å²) in [4.78, 5) is 12.9. The van der Waals surface area contributed by atoms with E-state index in [1.807, 2.05) is 23.5 Å². The molecule has 0 fully saturated rings. The highest BCUT2D eigenvalue weighted by molar-refractivity contribution is 5.81. The molecular formula is C16H18F3N3O. The van der Waals surface area contributed by atoms with E-state index in [2.05, 4.69) is 11.0 Å². The molecule has 0 aliphatic carbocycles. The van der Waals surface area contributed by atoms with Crippen molar-refractivity contribution in [3.63, 3.8) is 0 Å². The van der Waals surface area contributed by atoms with Crippen molar-refractivity contribution in [2.45, 2.75) is 32.0 Å². The van der Waals surface area contributed by atoms with E-state index in [1.165, 1.54) is 5.56 Å². The number of rotatable bonds is 5. The predicted octanol–water partition coefficient (Wildman–Crippen LogP) is 2.38. The van der Waals surface area contributed by atoms with E-state index in [1.54, 1.807) is 0 Å². The van der Waals surface area contributed by atoms with E-state index in [4.69, 9.17) is 5.26 Å². The van der Waals surface area contributed by atoms with Gasteiger partial charge in [0.25, 0.3) is 0 Å². The van der Waals surface area contributed by atoms with Gasteiger partial charge in [-0.25, -0.2) is 0 Å². The fourth-order valence-electron chi connectivity index (χ4n) is 2.64. The second-order valence-electron chi connectivity index (χ2n) is 5.58. The Labute approximate surface area is 132 Å². The number of carbonyl (C=O) groups is 1. The number of nitrogens with zero attached hydrogens (tertiary/aromatic N) is 2. The summed E-state index contributed by atoms with van der Waals surface area (Å²) in [5.74, 6) is -1.88. The molecule has 0 radical (unpaired) electrons. The highest BCUT2D eigenvalue weighted by Crippen LogP contribution is 2.20. The largest absolute Gasteiger partial charge is 0.471 e. The van der Waals surface area contributed by atoms with Gasteiger partial charge in [0.2, 0.25) is 0 Å². The van der Waals surface area contributed by atoms with Crippen LogP contribution in [-0.4, -0.2) is 36.6 Å². The number of amides is 1. The molecule has 1 amide bonds. The molecular weight excluding hydrogens is 307 g/mol. The minimum Gasteiger partial charge on any atom is -0.348 e. The Bertz CT molecular complexity index is 608. The number of unbranched alkanes of at least 4 members (excludes halogenated alkanes) is 1. The molecule has 2 rings (SSSR count). The van der Waals surface area contributed by atoms with E-state index >= 15 is 0 Å². The van der Waals surface area contributed by atoms with Crippen LogP contribution in [0, 0.1) is 11.3 Å². The fourth-order valence-corrected chi connectivity index (χ4v) is 2.64. The summed E-state index contributed by atoms with van der Waals surface area (Å²) in [5, 5.41) is 10.8. The molecule has 0 bridgehead atoms. The number of nitriles is 1. The first-order valence-corrected chi connectivity index (χ1v) is 7.49. The third-order valence-electron chi connectivity index (χ3n) is 3.87. The van der Waals surface area contributed by atoms with Crippen LogP contribution in [0.25, 0.3) is 0 Å². The van der Waals surface area contributed by atoms with Gasteiger partial charge in [-0.1, -0.05) is 6.07 Å². The van der Waals surface area contributed by atoms with Gasteiger partial charge in [-0.15, -0.1) is 0 Å². The van der Waals surface area contributed by atoms with Gasteiger partial charge in [0.05, 0.1) is 11.6 Å². The zero-order valence-electron chi connectivity index (χ0n) is 12.6. The fraction of sp³-hybridized carbons (Fsp3) is 0.500. The summed E-state index contributed by atoms with van der Waals surface area (Å²) in [7, 11) is 0. The number of hydrogen-bond donors (Lipinski definition) is 1. The molecule has 4 nitrogen and oxygen atoms in total. The van der Waals surface area contributed by atoms with Gasteiger partial charge in [-0.2, -0.15) is 18.4 Å². The Kier molecular flexibility index (Phi) is 5.61. The Hall–Kier alpha value is -2.07. The number of halogens is 3. The van der Waals surface area contributed by atoms with Crippen molar-refractivity contribution in [1.82, 2.24) is 10.2 Å². The number of hydrogen-bond acceptors (Lipinski definition) is 3. The second kappa shape index (κ2) is 7.47. The van der Waals surface area contributed by atoms with Gasteiger partial charge in [0, 0.05) is 19.6 Å². The van der Waals surface area contributed by atoms with Crippen LogP contribution >= 0.6 is 0 Å². The SMILES string of the molecule is N#Cc1ccc2c(c1)CN(CCCCNC(=O)C(F)(F)F)CC2. The standard InChI is InChI=1S/C16H18F3N3O/c17-16(18,19)15(23)21-6-1-2-7-22-8-5-13-4-3-12(10-20)9-14(13)11-22/h3-4,9H,1-2,5-8,11H2,(H,21,23). The topological polar surface area (TPSA) is 56.1 Å². The number of benzene rings is 1. The van der Waals surface area contributed by atoms with E-state index < -0.39 is 12.1 Å². The van der Waals surface area contributed by atoms with Crippen LogP contribution < -0.4 is 5.32 Å². The molecule has 1 aromatic carbocycles. The minimum atomic E-state index is -4.81. The van der Waals surface area contributed by atoms with Crippen LogP contribution in [0.5, 0.6) is 0 Å². The Morgan fingerprint density at radius 1 is 1.30 bits per heavy atom. The number of fused-ring (bicyclic) bond motifs is 1. The molecule has 1 heterocycles. The lowest BCUT2D eigenvalue weighted by Crippen LogP contribution is -2.37. The van der Waals surface area contributed by atoms with Gasteiger partial charge in [0.1, 0.15) is 0 Å². The number of alkyl halides is 3. The Morgan fingerprint density at radius 2 is 2.09 bits per heavy atom. The maximum Gasteiger partial charge on any atom is 0.471 e. The first kappa shape index (κ1) is 17.3. The number of carbonyl (C=O) groups excluding carboxylic acids is 1. The van der Waals surface area contributed by atoms with E-state index in [9.17, 15) is 18.0 Å². The van der Waals surface area contributed by atoms with Gasteiger partial charge in [-0.3, -0.25) is 9.69 Å². The number of nitrogens with one attached hydrogen (secondary N) is 1. The molecule has 1 N–H and O–H groups in total. The molecule has 0 saturated heterocycles. The van der Waals surface area contributed by atoms with Gasteiger partial charge >= 0.3 is 12.1 Å². The molecule has 23 heavy (non-hydrogen) atoms. The third kappa shape index (κ3) is 4.96. The van der Waals surface area contributed by atoms with Crippen molar-refractivity contribution >= 4 is 5.91 Å². The molecule has 0 atom stereocenters. The summed E-state index contributed by atoms with van der Waals surface area (Å²) in [6.07, 6.45) is -2.68. The molecule has 0 aromatic heterocycles. The molecule has 124 valence electrons. The lowest BCUT2D eigenvalue weighted by molar-refractivity contribution is -0.173. The summed E-state index contributed by atoms with van der Waals surface area (Å²) in [5.41, 5.74) is 3.03. The third-order valence-corrected chi connectivity index (χ3v) is 3.87. The van der Waals surface area contributed by atoms with Gasteiger partial charge in [-0.05, 0) is 49.1 Å². The van der Waals surface area contributed by atoms with E-state index in [0.717, 1.165) is 31.6 Å². The zero-order valence-corrected chi connectivity index (χ0v) is 12.6. The maximum absolute atomic E-state index is 12.0. The monoisotopic (exact) mass is 325 g/mol. The van der Waals surface area contributed by atoms with E-state index in [-0.39, 0.29) is 6.54 Å². The Balaban J connectivity index is 1.72. The first-order valence-electron chi connectivity index (χ1n) is 7.49. The summed E-state index contributed by atoms with van der Waals surface area (Å²) >= 11 is 0. The predicted molar refractivity (Wildman–Crippen MR) is 78.4 cm³/mol. The van der Waals surface area contributed by atoms with E-state index in [0.29, 0.717) is 18.4 Å². The van der Waals surface area contributed by atoms with Crippen LogP contribution in [0.2, 0.25) is 0 Å². The average Bonchev–Trinajstić information content (AvgIpc) is 2.52. The van der Waals surface area contributed by atoms with Crippen LogP contribution in [0.4, 0.5) is 13.2 Å². The van der Waals surface area contributed by atoms with Crippen LogP contribution in [-0.2, 0) is 17.8 Å². The minimum absolute atomic E-state index is 0.0291. The molecule has 0 saturated carbocycles. The molecule has 0 unspecified atom stereocenters. The summed E-state index contributed by atoms with van der Waals surface area (Å²) in [6.45, 7) is 2.44. The van der Waals surface area contributed by atoms with Crippen LogP contribution in [0.15, 0.2) is 18.2 Å². The molecule has 1 aromatic rings. The van der Waals surface area contributed by atoms with Crippen molar-refractivity contribution in [1.29, 1.82) is 5.26 Å². The summed E-state index contributed by atoms with van der Waals surface area (Å²) < 4.78 is 36.0. The van der Waals surface area contributed by atoms with Crippen molar-refractivity contribution in [2.24, 2.45) is 0 Å². The average molecular weight is 325 g/mol. The zero-order chi connectivity index (χ0) is 16.9. The van der Waals surface area contributed by atoms with Crippen LogP contribution in [0.1, 0.15) is 29.5 Å². The lowest BCUT2D eigenvalue weighted by Gasteiger charge is -2.28. The summed E-state index contributed by atoms with van der Waals surface area (Å²) in [6, 6.07) is 7.82. The highest BCUT2D eigenvalue weighted by Gasteiger charge is 2.38. The smallest absolute Gasteiger partial charge is 0.348 e. The normalized spacial score (nSPS) is 14.9. The van der Waals surface area contributed by atoms with Crippen molar-refractivity contribution in [3.05, 3.63) is 34.9 Å². The quantitative estimate of drug-likeness (QED) is 0.846. The van der Waals surface area contributed by atoms with Crippen molar-refractivity contribution in [3.8, 4) is 6.07 Å². The molecule has 7 heteroatoms. The van der Waals surface area contributed by atoms with Crippen molar-refractivity contribution < 1.29 is 18.0 Å². The van der Waals surface area contributed by atoms with Gasteiger partial charge < -0.3 is 5.32 Å². The van der Waals surface area contributed by atoms with Crippen molar-refractivity contribution in [2.75, 3.05) is 19.6 Å². The lowest BCUT2D eigenvalue weighted by atomic mass is 9.97. The second-order valence-corrected chi connectivity index (χ2v) is 5.58. The Morgan fingerprint density at radius 3 is 2.78 bits per heavy atom. The maximum atomic E-state index is 12.0. The first-order chi connectivity index (χ1) is 10.9. The van der Waals surface area contributed by atoms with Gasteiger partial charge in [0.15, 0.2) is 0 Å². The molecule has 0 spiro atoms. The molecule has 1 aliphatic heterocycles. The molecule has 1 aliphatic rings. The van der Waals surface area contributed by atoms with Crippen LogP contribution in [0.3, 0.4) is 0 Å².